The summed E-state index contributed by atoms with van der Waals surface area (Å²) in [6, 6.07) is 15.9. The molecule has 0 aliphatic carbocycles. The minimum Gasteiger partial charge on any atom is -0.505 e. The van der Waals surface area contributed by atoms with Crippen LogP contribution in [0.5, 0.6) is 5.75 Å². The fraction of sp³-hybridized carbons (Fsp3) is 0.107. The highest BCUT2D eigenvalue weighted by molar-refractivity contribution is 7.86. The van der Waals surface area contributed by atoms with Crippen molar-refractivity contribution in [2.75, 3.05) is 10.6 Å². The maximum absolute atomic E-state index is 12.2. The first kappa shape index (κ1) is 32.3. The minimum absolute atomic E-state index is 0.0352. The molecule has 1 aromatic heterocycles. The number of phenols is 1. The molecule has 0 bridgehead atoms. The average Bonchev–Trinajstić information content (AvgIpc) is 2.97. The highest BCUT2D eigenvalue weighted by Gasteiger charge is 2.21. The Morgan fingerprint density at radius 2 is 1.46 bits per heavy atom. The first-order valence-electron chi connectivity index (χ1n) is 13.1. The Labute approximate surface area is 261 Å². The van der Waals surface area contributed by atoms with Gasteiger partial charge in [-0.2, -0.15) is 31.8 Å². The number of hydrogen-bond acceptors (Lipinski definition) is 14. The Morgan fingerprint density at radius 1 is 0.804 bits per heavy atom. The van der Waals surface area contributed by atoms with Gasteiger partial charge >= 0.3 is 0 Å². The maximum atomic E-state index is 12.2. The highest BCUT2D eigenvalue weighted by atomic mass is 32.2. The van der Waals surface area contributed by atoms with Crippen molar-refractivity contribution in [1.82, 2.24) is 15.0 Å². The summed E-state index contributed by atoms with van der Waals surface area (Å²) in [5.41, 5.74) is 1.07. The van der Waals surface area contributed by atoms with Crippen LogP contribution in [-0.4, -0.2) is 51.3 Å². The van der Waals surface area contributed by atoms with Crippen LogP contribution < -0.4 is 10.6 Å². The molecular formula is C28H25N7O9S2. The standard InChI is InChI=1S/C28H25N7O9S2/c1-15-11-18-12-19(45(38,39)40)13-22(24(18)26(36)25(15)35-34-21-9-5-6-10-23(21)46(41,42)43)32-28-30-16(2)29-27(33-28)31-20-8-4-3-7-17(20)14-44-37/h3-13,36-37H,14H2,1-2H3,(H,38,39,40)(H,41,42,43)(H2,29,30,31,32,33). The summed E-state index contributed by atoms with van der Waals surface area (Å²) in [6.45, 7) is 3.01. The number of nitrogens with zero attached hydrogens (tertiary/aromatic N) is 5. The summed E-state index contributed by atoms with van der Waals surface area (Å²) < 4.78 is 67.3. The number of para-hydroxylation sites is 1. The van der Waals surface area contributed by atoms with Crippen LogP contribution in [0.2, 0.25) is 0 Å². The first-order valence-corrected chi connectivity index (χ1v) is 16.0. The van der Waals surface area contributed by atoms with Gasteiger partial charge in [0, 0.05) is 16.6 Å². The predicted octanol–water partition coefficient (Wildman–Crippen LogP) is 5.73. The van der Waals surface area contributed by atoms with Crippen molar-refractivity contribution in [3.05, 3.63) is 83.7 Å². The molecule has 0 saturated carbocycles. The van der Waals surface area contributed by atoms with E-state index in [1.54, 1.807) is 38.1 Å². The number of aryl methyl sites for hydroxylation is 2. The molecule has 238 valence electrons. The second kappa shape index (κ2) is 12.7. The summed E-state index contributed by atoms with van der Waals surface area (Å²) in [4.78, 5) is 16.1. The zero-order valence-electron chi connectivity index (χ0n) is 23.9. The lowest BCUT2D eigenvalue weighted by Gasteiger charge is -2.15. The van der Waals surface area contributed by atoms with E-state index in [1.807, 2.05) is 0 Å². The van der Waals surface area contributed by atoms with E-state index in [-0.39, 0.29) is 52.2 Å². The summed E-state index contributed by atoms with van der Waals surface area (Å²) >= 11 is 0. The van der Waals surface area contributed by atoms with Crippen molar-refractivity contribution in [2.45, 2.75) is 30.2 Å². The van der Waals surface area contributed by atoms with Crippen LogP contribution in [0.15, 0.2) is 86.7 Å². The molecule has 46 heavy (non-hydrogen) atoms. The van der Waals surface area contributed by atoms with E-state index in [9.17, 15) is 31.0 Å². The van der Waals surface area contributed by atoms with Crippen LogP contribution in [0, 0.1) is 13.8 Å². The Balaban J connectivity index is 1.63. The van der Waals surface area contributed by atoms with Gasteiger partial charge in [-0.25, -0.2) is 4.89 Å². The smallest absolute Gasteiger partial charge is 0.296 e. The molecular weight excluding hydrogens is 642 g/mol. The predicted molar refractivity (Wildman–Crippen MR) is 166 cm³/mol. The topological polar surface area (TPSA) is 246 Å². The molecule has 1 heterocycles. The molecule has 16 nitrogen and oxygen atoms in total. The molecule has 0 unspecified atom stereocenters. The molecule has 0 spiro atoms. The quantitative estimate of drug-likeness (QED) is 0.0450. The van der Waals surface area contributed by atoms with Crippen molar-refractivity contribution < 1.29 is 41.2 Å². The number of rotatable bonds is 10. The lowest BCUT2D eigenvalue weighted by Crippen LogP contribution is -2.07. The molecule has 5 rings (SSSR count). The van der Waals surface area contributed by atoms with Gasteiger partial charge in [0.2, 0.25) is 11.9 Å². The number of fused-ring (bicyclic) bond motifs is 1. The zero-order valence-corrected chi connectivity index (χ0v) is 25.6. The molecule has 0 fully saturated rings. The number of benzene rings is 4. The number of phenolic OH excluding ortho intramolecular Hbond substituents is 1. The Morgan fingerprint density at radius 3 is 2.13 bits per heavy atom. The van der Waals surface area contributed by atoms with E-state index in [0.717, 1.165) is 18.2 Å². The summed E-state index contributed by atoms with van der Waals surface area (Å²) in [6.07, 6.45) is 0. The minimum atomic E-state index is -4.72. The maximum Gasteiger partial charge on any atom is 0.296 e. The van der Waals surface area contributed by atoms with Crippen molar-refractivity contribution in [1.29, 1.82) is 0 Å². The number of aromatic nitrogens is 3. The van der Waals surface area contributed by atoms with Gasteiger partial charge in [-0.05, 0) is 61.2 Å². The third kappa shape index (κ3) is 7.07. The van der Waals surface area contributed by atoms with Gasteiger partial charge in [0.05, 0.1) is 10.6 Å². The number of aromatic hydroxyl groups is 1. The molecule has 4 aromatic carbocycles. The SMILES string of the molecule is Cc1nc(Nc2ccccc2COO)nc(Nc2cc(S(=O)(=O)O)cc3cc(C)c(N=Nc4ccccc4S(=O)(=O)O)c(O)c23)n1. The Hall–Kier alpha value is -5.11. The number of nitrogens with one attached hydrogen (secondary N) is 2. The molecule has 0 aliphatic heterocycles. The third-order valence-electron chi connectivity index (χ3n) is 6.53. The largest absolute Gasteiger partial charge is 0.505 e. The van der Waals surface area contributed by atoms with E-state index < -0.39 is 35.8 Å². The molecule has 0 saturated heterocycles. The van der Waals surface area contributed by atoms with Crippen molar-refractivity contribution in [3.63, 3.8) is 0 Å². The van der Waals surface area contributed by atoms with Crippen molar-refractivity contribution in [2.24, 2.45) is 10.2 Å². The van der Waals surface area contributed by atoms with Gasteiger partial charge in [-0.3, -0.25) is 14.4 Å². The van der Waals surface area contributed by atoms with E-state index in [1.165, 1.54) is 24.3 Å². The van der Waals surface area contributed by atoms with Crippen LogP contribution in [0.4, 0.5) is 34.6 Å². The number of anilines is 4. The summed E-state index contributed by atoms with van der Waals surface area (Å²) in [7, 11) is -9.35. The molecule has 5 aromatic rings. The fourth-order valence-corrected chi connectivity index (χ4v) is 5.70. The highest BCUT2D eigenvalue weighted by Crippen LogP contribution is 2.44. The molecule has 18 heteroatoms. The van der Waals surface area contributed by atoms with Crippen LogP contribution in [0.25, 0.3) is 10.8 Å². The van der Waals surface area contributed by atoms with Crippen LogP contribution in [0.3, 0.4) is 0 Å². The third-order valence-corrected chi connectivity index (χ3v) is 8.26. The second-order valence-corrected chi connectivity index (χ2v) is 12.6. The molecule has 0 aliphatic rings. The summed E-state index contributed by atoms with van der Waals surface area (Å²) in [5.74, 6) is -0.236. The number of hydrogen-bond donors (Lipinski definition) is 6. The van der Waals surface area contributed by atoms with Gasteiger partial charge in [0.1, 0.15) is 28.7 Å². The second-order valence-electron chi connectivity index (χ2n) is 9.79. The van der Waals surface area contributed by atoms with Gasteiger partial charge in [-0.15, -0.1) is 10.2 Å². The van der Waals surface area contributed by atoms with E-state index in [2.05, 4.69) is 40.7 Å². The monoisotopic (exact) mass is 667 g/mol. The first-order chi connectivity index (χ1) is 21.7. The molecule has 0 amide bonds. The summed E-state index contributed by atoms with van der Waals surface area (Å²) in [5, 5.41) is 34.4. The van der Waals surface area contributed by atoms with Crippen molar-refractivity contribution >= 4 is 65.7 Å². The van der Waals surface area contributed by atoms with Crippen LogP contribution in [-0.2, 0) is 31.7 Å². The number of azo groups is 1. The normalized spacial score (nSPS) is 12.1. The average molecular weight is 668 g/mol. The van der Waals surface area contributed by atoms with Gasteiger partial charge in [0.15, 0.2) is 5.75 Å². The van der Waals surface area contributed by atoms with Crippen molar-refractivity contribution in [3.8, 4) is 5.75 Å². The zero-order chi connectivity index (χ0) is 33.2. The fourth-order valence-electron chi connectivity index (χ4n) is 4.53. The Bertz CT molecular complexity index is 2230. The lowest BCUT2D eigenvalue weighted by molar-refractivity contribution is -0.252. The van der Waals surface area contributed by atoms with Crippen LogP contribution >= 0.6 is 0 Å². The lowest BCUT2D eigenvalue weighted by atomic mass is 10.0. The molecule has 0 radical (unpaired) electrons. The van der Waals surface area contributed by atoms with Gasteiger partial charge < -0.3 is 15.7 Å². The van der Waals surface area contributed by atoms with E-state index >= 15 is 0 Å². The van der Waals surface area contributed by atoms with E-state index in [4.69, 9.17) is 5.26 Å². The van der Waals surface area contributed by atoms with Gasteiger partial charge in [0.25, 0.3) is 20.2 Å². The van der Waals surface area contributed by atoms with Gasteiger partial charge in [-0.1, -0.05) is 30.3 Å². The molecule has 6 N–H and O–H groups in total. The Kier molecular flexibility index (Phi) is 8.92. The van der Waals surface area contributed by atoms with E-state index in [0.29, 0.717) is 16.8 Å². The van der Waals surface area contributed by atoms with Crippen LogP contribution in [0.1, 0.15) is 17.0 Å². The molecule has 0 atom stereocenters.